The molecule has 0 fully saturated rings. The quantitative estimate of drug-likeness (QED) is 0.206. The van der Waals surface area contributed by atoms with E-state index in [-0.39, 0.29) is 11.8 Å². The smallest absolute Gasteiger partial charge is 0.225 e. The predicted molar refractivity (Wildman–Crippen MR) is 143 cm³/mol. The van der Waals surface area contributed by atoms with Gasteiger partial charge in [-0.15, -0.1) is 11.8 Å². The van der Waals surface area contributed by atoms with Crippen LogP contribution >= 0.6 is 11.8 Å². The van der Waals surface area contributed by atoms with Crippen molar-refractivity contribution < 1.29 is 14.3 Å². The van der Waals surface area contributed by atoms with Crippen molar-refractivity contribution in [2.75, 3.05) is 18.2 Å². The summed E-state index contributed by atoms with van der Waals surface area (Å²) in [4.78, 5) is 18.6. The van der Waals surface area contributed by atoms with Gasteiger partial charge < -0.3 is 19.4 Å². The number of amides is 1. The van der Waals surface area contributed by atoms with E-state index in [9.17, 15) is 4.79 Å². The lowest BCUT2D eigenvalue weighted by Gasteiger charge is -2.28. The van der Waals surface area contributed by atoms with Crippen molar-refractivity contribution in [1.29, 1.82) is 0 Å². The van der Waals surface area contributed by atoms with Crippen molar-refractivity contribution in [1.82, 2.24) is 9.55 Å². The van der Waals surface area contributed by atoms with Crippen LogP contribution in [0.1, 0.15) is 35.4 Å². The Labute approximate surface area is 215 Å². The van der Waals surface area contributed by atoms with E-state index in [4.69, 9.17) is 9.47 Å². The van der Waals surface area contributed by atoms with Gasteiger partial charge in [0, 0.05) is 47.3 Å². The first-order valence-electron chi connectivity index (χ1n) is 12.1. The molecule has 2 heterocycles. The Kier molecular flexibility index (Phi) is 7.28. The largest absolute Gasteiger partial charge is 0.491 e. The minimum Gasteiger partial charge on any atom is -0.491 e. The van der Waals surface area contributed by atoms with E-state index in [2.05, 4.69) is 10.3 Å². The van der Waals surface area contributed by atoms with Gasteiger partial charge in [-0.2, -0.15) is 0 Å². The Bertz CT molecular complexity index is 1310. The summed E-state index contributed by atoms with van der Waals surface area (Å²) in [7, 11) is 0. The summed E-state index contributed by atoms with van der Waals surface area (Å²) in [6.07, 6.45) is 8.67. The molecular formula is C29H29N3O3S. The van der Waals surface area contributed by atoms with Crippen LogP contribution in [0.5, 0.6) is 17.2 Å². The SMILES string of the molecule is CSc1ccc(C)c(OCCCn2ccnc2)c1NC(=O)CC1c2ccccc2Oc2ccccc21. The van der Waals surface area contributed by atoms with Gasteiger partial charge in [-0.3, -0.25) is 4.79 Å². The van der Waals surface area contributed by atoms with Gasteiger partial charge in [-0.1, -0.05) is 42.5 Å². The minimum atomic E-state index is -0.0896. The van der Waals surface area contributed by atoms with Crippen LogP contribution in [0, 0.1) is 6.92 Å². The Morgan fingerprint density at radius 2 is 1.81 bits per heavy atom. The molecular weight excluding hydrogens is 470 g/mol. The van der Waals surface area contributed by atoms with Crippen LogP contribution in [-0.4, -0.2) is 28.3 Å². The topological polar surface area (TPSA) is 65.4 Å². The molecule has 184 valence electrons. The molecule has 1 aliphatic heterocycles. The lowest BCUT2D eigenvalue weighted by molar-refractivity contribution is -0.116. The zero-order valence-corrected chi connectivity index (χ0v) is 21.3. The average Bonchev–Trinajstić information content (AvgIpc) is 3.41. The number of thioether (sulfide) groups is 1. The number of imidazole rings is 1. The van der Waals surface area contributed by atoms with E-state index in [0.29, 0.717) is 13.0 Å². The number of para-hydroxylation sites is 2. The molecule has 1 aliphatic rings. The van der Waals surface area contributed by atoms with Crippen molar-refractivity contribution in [3.05, 3.63) is 96.1 Å². The first-order chi connectivity index (χ1) is 17.6. The monoisotopic (exact) mass is 499 g/mol. The van der Waals surface area contributed by atoms with E-state index >= 15 is 0 Å². The molecule has 0 saturated heterocycles. The molecule has 3 aromatic carbocycles. The van der Waals surface area contributed by atoms with Gasteiger partial charge >= 0.3 is 0 Å². The third kappa shape index (κ3) is 5.11. The highest BCUT2D eigenvalue weighted by molar-refractivity contribution is 7.98. The number of aryl methyl sites for hydroxylation is 2. The number of carbonyl (C=O) groups is 1. The Morgan fingerprint density at radius 3 is 2.47 bits per heavy atom. The van der Waals surface area contributed by atoms with E-state index in [1.807, 2.05) is 84.6 Å². The number of nitrogens with one attached hydrogen (secondary N) is 1. The number of hydrogen-bond acceptors (Lipinski definition) is 5. The number of carbonyl (C=O) groups excluding carboxylic acids is 1. The molecule has 4 aromatic rings. The van der Waals surface area contributed by atoms with Gasteiger partial charge in [0.1, 0.15) is 17.2 Å². The Hall–Kier alpha value is -3.71. The summed E-state index contributed by atoms with van der Waals surface area (Å²) in [6.45, 7) is 3.38. The van der Waals surface area contributed by atoms with Crippen molar-refractivity contribution in [2.45, 2.75) is 37.1 Å². The number of ether oxygens (including phenoxy) is 2. The summed E-state index contributed by atoms with van der Waals surface area (Å²) in [5, 5.41) is 3.19. The van der Waals surface area contributed by atoms with E-state index < -0.39 is 0 Å². The number of benzene rings is 3. The van der Waals surface area contributed by atoms with Crippen LogP contribution < -0.4 is 14.8 Å². The highest BCUT2D eigenvalue weighted by Crippen LogP contribution is 2.46. The fourth-order valence-electron chi connectivity index (χ4n) is 4.59. The number of aromatic nitrogens is 2. The molecule has 0 aliphatic carbocycles. The third-order valence-corrected chi connectivity index (χ3v) is 7.15. The summed E-state index contributed by atoms with van der Waals surface area (Å²) in [5.74, 6) is 2.19. The highest BCUT2D eigenvalue weighted by Gasteiger charge is 2.29. The molecule has 7 heteroatoms. The highest BCUT2D eigenvalue weighted by atomic mass is 32.2. The second kappa shape index (κ2) is 10.9. The lowest BCUT2D eigenvalue weighted by Crippen LogP contribution is -2.20. The Balaban J connectivity index is 1.35. The molecule has 0 atom stereocenters. The average molecular weight is 500 g/mol. The lowest BCUT2D eigenvalue weighted by atomic mass is 9.85. The fraction of sp³-hybridized carbons (Fsp3) is 0.241. The molecule has 0 saturated carbocycles. The number of anilines is 1. The minimum absolute atomic E-state index is 0.0596. The van der Waals surface area contributed by atoms with Gasteiger partial charge in [0.15, 0.2) is 0 Å². The maximum absolute atomic E-state index is 13.5. The number of fused-ring (bicyclic) bond motifs is 2. The molecule has 1 aromatic heterocycles. The molecule has 6 nitrogen and oxygen atoms in total. The molecule has 0 spiro atoms. The third-order valence-electron chi connectivity index (χ3n) is 6.37. The van der Waals surface area contributed by atoms with E-state index in [0.717, 1.165) is 57.5 Å². The molecule has 1 N–H and O–H groups in total. The molecule has 5 rings (SSSR count). The van der Waals surface area contributed by atoms with Crippen molar-refractivity contribution >= 4 is 23.4 Å². The predicted octanol–water partition coefficient (Wildman–Crippen LogP) is 6.65. The van der Waals surface area contributed by atoms with Crippen LogP contribution in [0.3, 0.4) is 0 Å². The fourth-order valence-corrected chi connectivity index (χ4v) is 5.14. The van der Waals surface area contributed by atoms with Gasteiger partial charge in [0.05, 0.1) is 18.6 Å². The Morgan fingerprint density at radius 1 is 1.08 bits per heavy atom. The van der Waals surface area contributed by atoms with Crippen LogP contribution in [-0.2, 0) is 11.3 Å². The van der Waals surface area contributed by atoms with Crippen molar-refractivity contribution in [3.8, 4) is 17.2 Å². The van der Waals surface area contributed by atoms with Gasteiger partial charge in [-0.05, 0) is 43.4 Å². The maximum Gasteiger partial charge on any atom is 0.225 e. The van der Waals surface area contributed by atoms with Crippen molar-refractivity contribution in [3.63, 3.8) is 0 Å². The second-order valence-corrected chi connectivity index (χ2v) is 9.62. The van der Waals surface area contributed by atoms with Crippen LogP contribution in [0.2, 0.25) is 0 Å². The maximum atomic E-state index is 13.5. The van der Waals surface area contributed by atoms with Crippen LogP contribution in [0.4, 0.5) is 5.69 Å². The van der Waals surface area contributed by atoms with Crippen LogP contribution in [0.25, 0.3) is 0 Å². The molecule has 36 heavy (non-hydrogen) atoms. The van der Waals surface area contributed by atoms with E-state index in [1.165, 1.54) is 0 Å². The normalized spacial score (nSPS) is 12.4. The summed E-state index contributed by atoms with van der Waals surface area (Å²) in [5.41, 5.74) is 3.78. The van der Waals surface area contributed by atoms with Gasteiger partial charge in [0.25, 0.3) is 0 Å². The summed E-state index contributed by atoms with van der Waals surface area (Å²) >= 11 is 1.59. The van der Waals surface area contributed by atoms with Crippen molar-refractivity contribution in [2.24, 2.45) is 0 Å². The number of nitrogens with zero attached hydrogens (tertiary/aromatic N) is 2. The molecule has 1 amide bonds. The van der Waals surface area contributed by atoms with Gasteiger partial charge in [0.2, 0.25) is 5.91 Å². The molecule has 0 bridgehead atoms. The standard InChI is InChI=1S/C29H29N3O3S/c1-20-12-13-26(36-2)28(29(20)34-17-7-15-32-16-14-30-19-32)31-27(33)18-23-21-8-3-5-10-24(21)35-25-11-6-4-9-22(23)25/h3-6,8-14,16,19,23H,7,15,17-18H2,1-2H3,(H,31,33). The second-order valence-electron chi connectivity index (χ2n) is 8.77. The van der Waals surface area contributed by atoms with Gasteiger partial charge in [-0.25, -0.2) is 4.98 Å². The molecule has 0 unspecified atom stereocenters. The summed E-state index contributed by atoms with van der Waals surface area (Å²) < 4.78 is 14.4. The first kappa shape index (κ1) is 24.0. The zero-order valence-electron chi connectivity index (χ0n) is 20.4. The molecule has 0 radical (unpaired) electrons. The number of rotatable bonds is 9. The van der Waals surface area contributed by atoms with Crippen LogP contribution in [0.15, 0.2) is 84.3 Å². The zero-order chi connectivity index (χ0) is 24.9. The summed E-state index contributed by atoms with van der Waals surface area (Å²) in [6, 6.07) is 20.0. The van der Waals surface area contributed by atoms with E-state index in [1.54, 1.807) is 24.3 Å². The first-order valence-corrected chi connectivity index (χ1v) is 13.3. The number of hydrogen-bond donors (Lipinski definition) is 1.